The van der Waals surface area contributed by atoms with Crippen molar-refractivity contribution in [2.24, 2.45) is 5.92 Å². The normalized spacial score (nSPS) is 11.4. The second-order valence-corrected chi connectivity index (χ2v) is 8.17. The Labute approximate surface area is 154 Å². The van der Waals surface area contributed by atoms with Gasteiger partial charge in [-0.2, -0.15) is 0 Å². The number of hydrogen-bond donors (Lipinski definition) is 3. The van der Waals surface area contributed by atoms with E-state index in [1.807, 2.05) is 38.1 Å². The van der Waals surface area contributed by atoms with Gasteiger partial charge in [0, 0.05) is 24.8 Å². The first kappa shape index (κ1) is 19.9. The summed E-state index contributed by atoms with van der Waals surface area (Å²) in [5.41, 5.74) is 1.72. The SMILES string of the molecule is CNS(=O)(=O)c1ccc(NCc2cccc(NC(=O)CC(C)C)c2)nc1. The van der Waals surface area contributed by atoms with Crippen molar-refractivity contribution >= 4 is 27.4 Å². The van der Waals surface area contributed by atoms with Crippen molar-refractivity contribution < 1.29 is 13.2 Å². The van der Waals surface area contributed by atoms with Gasteiger partial charge in [-0.15, -0.1) is 0 Å². The van der Waals surface area contributed by atoms with Crippen molar-refractivity contribution in [1.29, 1.82) is 0 Å². The lowest BCUT2D eigenvalue weighted by molar-refractivity contribution is -0.116. The topological polar surface area (TPSA) is 100 Å². The highest BCUT2D eigenvalue weighted by Crippen LogP contribution is 2.15. The molecule has 0 radical (unpaired) electrons. The summed E-state index contributed by atoms with van der Waals surface area (Å²) < 4.78 is 25.6. The van der Waals surface area contributed by atoms with E-state index in [0.29, 0.717) is 24.7 Å². The molecule has 26 heavy (non-hydrogen) atoms. The summed E-state index contributed by atoms with van der Waals surface area (Å²) in [5.74, 6) is 0.864. The summed E-state index contributed by atoms with van der Waals surface area (Å²) in [7, 11) is -2.13. The number of nitrogens with one attached hydrogen (secondary N) is 3. The first-order chi connectivity index (χ1) is 12.3. The molecule has 1 aromatic heterocycles. The van der Waals surface area contributed by atoms with Gasteiger partial charge in [0.05, 0.1) is 0 Å². The van der Waals surface area contributed by atoms with E-state index in [1.165, 1.54) is 19.3 Å². The van der Waals surface area contributed by atoms with Crippen LogP contribution in [0.25, 0.3) is 0 Å². The Bertz CT molecular complexity index is 849. The Morgan fingerprint density at radius 2 is 1.96 bits per heavy atom. The van der Waals surface area contributed by atoms with Crippen molar-refractivity contribution in [3.63, 3.8) is 0 Å². The molecule has 0 aliphatic heterocycles. The standard InChI is InChI=1S/C18H24N4O3S/c1-13(2)9-18(23)22-15-6-4-5-14(10-15)11-20-17-8-7-16(12-21-17)26(24,25)19-3/h4-8,10,12-13,19H,9,11H2,1-3H3,(H,20,21)(H,22,23). The molecule has 0 aliphatic rings. The lowest BCUT2D eigenvalue weighted by atomic mass is 10.1. The average molecular weight is 376 g/mol. The summed E-state index contributed by atoms with van der Waals surface area (Å²) in [6, 6.07) is 10.6. The van der Waals surface area contributed by atoms with Crippen molar-refractivity contribution in [3.8, 4) is 0 Å². The molecule has 0 aliphatic carbocycles. The van der Waals surface area contributed by atoms with Crippen LogP contribution in [-0.4, -0.2) is 26.4 Å². The number of anilines is 2. The average Bonchev–Trinajstić information content (AvgIpc) is 2.60. The van der Waals surface area contributed by atoms with Crippen LogP contribution in [0.15, 0.2) is 47.5 Å². The molecule has 7 nitrogen and oxygen atoms in total. The van der Waals surface area contributed by atoms with Crippen LogP contribution in [0, 0.1) is 5.92 Å². The molecule has 0 bridgehead atoms. The smallest absolute Gasteiger partial charge is 0.241 e. The Morgan fingerprint density at radius 3 is 2.58 bits per heavy atom. The second kappa shape index (κ2) is 8.77. The molecule has 0 fully saturated rings. The zero-order valence-electron chi connectivity index (χ0n) is 15.1. The van der Waals surface area contributed by atoms with E-state index in [-0.39, 0.29) is 10.8 Å². The van der Waals surface area contributed by atoms with Gasteiger partial charge in [-0.25, -0.2) is 18.1 Å². The maximum Gasteiger partial charge on any atom is 0.241 e. The maximum atomic E-state index is 11.9. The highest BCUT2D eigenvalue weighted by atomic mass is 32.2. The molecule has 0 spiro atoms. The summed E-state index contributed by atoms with van der Waals surface area (Å²) in [4.78, 5) is 16.1. The zero-order valence-corrected chi connectivity index (χ0v) is 15.9. The Kier molecular flexibility index (Phi) is 6.70. The number of benzene rings is 1. The molecule has 0 unspecified atom stereocenters. The molecule has 2 rings (SSSR count). The molecular formula is C18H24N4O3S. The molecule has 1 heterocycles. The number of hydrogen-bond acceptors (Lipinski definition) is 5. The van der Waals surface area contributed by atoms with Crippen LogP contribution in [0.3, 0.4) is 0 Å². The molecule has 0 saturated carbocycles. The number of carbonyl (C=O) groups excluding carboxylic acids is 1. The zero-order chi connectivity index (χ0) is 19.2. The fraction of sp³-hybridized carbons (Fsp3) is 0.333. The van der Waals surface area contributed by atoms with Crippen molar-refractivity contribution in [1.82, 2.24) is 9.71 Å². The van der Waals surface area contributed by atoms with Crippen LogP contribution in [0.1, 0.15) is 25.8 Å². The van der Waals surface area contributed by atoms with E-state index in [0.717, 1.165) is 11.3 Å². The predicted octanol–water partition coefficient (Wildman–Crippen LogP) is 2.59. The molecule has 3 N–H and O–H groups in total. The fourth-order valence-corrected chi connectivity index (χ4v) is 2.97. The van der Waals surface area contributed by atoms with E-state index >= 15 is 0 Å². The van der Waals surface area contributed by atoms with Crippen LogP contribution in [0.2, 0.25) is 0 Å². The monoisotopic (exact) mass is 376 g/mol. The van der Waals surface area contributed by atoms with Gasteiger partial charge < -0.3 is 10.6 Å². The quantitative estimate of drug-likeness (QED) is 0.657. The number of amides is 1. The molecule has 1 aromatic carbocycles. The number of rotatable bonds is 8. The minimum Gasteiger partial charge on any atom is -0.366 e. The molecular weight excluding hydrogens is 352 g/mol. The molecule has 2 aromatic rings. The Morgan fingerprint density at radius 1 is 1.19 bits per heavy atom. The summed E-state index contributed by atoms with van der Waals surface area (Å²) in [5, 5.41) is 6.02. The number of sulfonamides is 1. The minimum atomic E-state index is -3.49. The number of pyridine rings is 1. The van der Waals surface area contributed by atoms with Gasteiger partial charge >= 0.3 is 0 Å². The van der Waals surface area contributed by atoms with E-state index < -0.39 is 10.0 Å². The van der Waals surface area contributed by atoms with Gasteiger partial charge in [0.1, 0.15) is 10.7 Å². The van der Waals surface area contributed by atoms with E-state index in [1.54, 1.807) is 6.07 Å². The third-order valence-corrected chi connectivity index (χ3v) is 4.99. The number of carbonyl (C=O) groups is 1. The van der Waals surface area contributed by atoms with E-state index in [9.17, 15) is 13.2 Å². The summed E-state index contributed by atoms with van der Waals surface area (Å²) >= 11 is 0. The van der Waals surface area contributed by atoms with Gasteiger partial charge in [0.2, 0.25) is 15.9 Å². The molecule has 140 valence electrons. The Hall–Kier alpha value is -2.45. The van der Waals surface area contributed by atoms with Crippen LogP contribution in [-0.2, 0) is 21.4 Å². The first-order valence-corrected chi connectivity index (χ1v) is 9.81. The molecule has 0 atom stereocenters. The van der Waals surface area contributed by atoms with E-state index in [2.05, 4.69) is 20.3 Å². The van der Waals surface area contributed by atoms with Gasteiger partial charge in [0.15, 0.2) is 0 Å². The molecule has 1 amide bonds. The van der Waals surface area contributed by atoms with Crippen LogP contribution < -0.4 is 15.4 Å². The second-order valence-electron chi connectivity index (χ2n) is 6.29. The highest BCUT2D eigenvalue weighted by molar-refractivity contribution is 7.89. The third kappa shape index (κ3) is 5.82. The van der Waals surface area contributed by atoms with Gasteiger partial charge in [0.25, 0.3) is 0 Å². The van der Waals surface area contributed by atoms with Crippen LogP contribution in [0.4, 0.5) is 11.5 Å². The van der Waals surface area contributed by atoms with Gasteiger partial charge in [-0.05, 0) is 42.8 Å². The van der Waals surface area contributed by atoms with Gasteiger partial charge in [-0.1, -0.05) is 26.0 Å². The van der Waals surface area contributed by atoms with Crippen LogP contribution >= 0.6 is 0 Å². The van der Waals surface area contributed by atoms with Crippen molar-refractivity contribution in [3.05, 3.63) is 48.2 Å². The first-order valence-electron chi connectivity index (χ1n) is 8.32. The van der Waals surface area contributed by atoms with Crippen molar-refractivity contribution in [2.45, 2.75) is 31.7 Å². The number of aromatic nitrogens is 1. The minimum absolute atomic E-state index is 0.00638. The Balaban J connectivity index is 1.97. The summed E-state index contributed by atoms with van der Waals surface area (Å²) in [6.07, 6.45) is 1.78. The van der Waals surface area contributed by atoms with E-state index in [4.69, 9.17) is 0 Å². The fourth-order valence-electron chi connectivity index (χ4n) is 2.30. The molecule has 8 heteroatoms. The van der Waals surface area contributed by atoms with Crippen LogP contribution in [0.5, 0.6) is 0 Å². The highest BCUT2D eigenvalue weighted by Gasteiger charge is 2.11. The summed E-state index contributed by atoms with van der Waals surface area (Å²) in [6.45, 7) is 4.50. The van der Waals surface area contributed by atoms with Gasteiger partial charge in [-0.3, -0.25) is 4.79 Å². The number of nitrogens with zero attached hydrogens (tertiary/aromatic N) is 1. The predicted molar refractivity (Wildman–Crippen MR) is 102 cm³/mol. The molecule has 0 saturated heterocycles. The van der Waals surface area contributed by atoms with Crippen molar-refractivity contribution in [2.75, 3.05) is 17.7 Å². The third-order valence-electron chi connectivity index (χ3n) is 3.59. The lowest BCUT2D eigenvalue weighted by Crippen LogP contribution is -2.18. The largest absolute Gasteiger partial charge is 0.366 e. The maximum absolute atomic E-state index is 11.9. The lowest BCUT2D eigenvalue weighted by Gasteiger charge is -2.10.